The lowest BCUT2D eigenvalue weighted by Crippen LogP contribution is -2.27. The number of carbonyl (C=O) groups is 1. The molecule has 1 amide bonds. The Kier molecular flexibility index (Phi) is 6.59. The maximum absolute atomic E-state index is 13.0. The quantitative estimate of drug-likeness (QED) is 0.162. The summed E-state index contributed by atoms with van der Waals surface area (Å²) in [5, 5.41) is 22.7. The van der Waals surface area contributed by atoms with Crippen molar-refractivity contribution in [2.45, 2.75) is 0 Å². The molecule has 0 aromatic heterocycles. The van der Waals surface area contributed by atoms with Crippen molar-refractivity contribution in [3.8, 4) is 11.5 Å². The van der Waals surface area contributed by atoms with Gasteiger partial charge in [-0.05, 0) is 48.0 Å². The molecule has 0 N–H and O–H groups in total. The highest BCUT2D eigenvalue weighted by Gasteiger charge is 2.33. The van der Waals surface area contributed by atoms with Crippen LogP contribution in [0, 0.1) is 20.2 Å². The van der Waals surface area contributed by atoms with Crippen LogP contribution < -0.4 is 9.64 Å². The summed E-state index contributed by atoms with van der Waals surface area (Å²) in [6, 6.07) is 16.4. The topological polar surface area (TPSA) is 116 Å². The van der Waals surface area contributed by atoms with Gasteiger partial charge in [-0.15, -0.1) is 0 Å². The van der Waals surface area contributed by atoms with E-state index in [0.717, 1.165) is 23.9 Å². The summed E-state index contributed by atoms with van der Waals surface area (Å²) in [5.74, 6) is -0.217. The van der Waals surface area contributed by atoms with Crippen molar-refractivity contribution in [3.05, 3.63) is 102 Å². The molecule has 0 spiro atoms. The first-order valence-corrected chi connectivity index (χ1v) is 11.1. The fourth-order valence-corrected chi connectivity index (χ4v) is 4.58. The van der Waals surface area contributed by atoms with E-state index in [1.807, 2.05) is 0 Å². The van der Waals surface area contributed by atoms with E-state index in [2.05, 4.69) is 0 Å². The van der Waals surface area contributed by atoms with Gasteiger partial charge in [-0.1, -0.05) is 53.8 Å². The van der Waals surface area contributed by atoms with Gasteiger partial charge in [-0.3, -0.25) is 29.9 Å². The van der Waals surface area contributed by atoms with Crippen LogP contribution in [0.25, 0.3) is 6.08 Å². The molecule has 34 heavy (non-hydrogen) atoms. The number of anilines is 1. The number of amides is 1. The summed E-state index contributed by atoms with van der Waals surface area (Å²) in [6.45, 7) is 0. The number of rotatable bonds is 6. The lowest BCUT2D eigenvalue weighted by Gasteiger charge is -2.14. The zero-order valence-electron chi connectivity index (χ0n) is 16.9. The number of hydrogen-bond acceptors (Lipinski definition) is 8. The van der Waals surface area contributed by atoms with Gasteiger partial charge in [-0.25, -0.2) is 0 Å². The predicted octanol–water partition coefficient (Wildman–Crippen LogP) is 6.35. The van der Waals surface area contributed by atoms with E-state index in [0.29, 0.717) is 25.5 Å². The number of thioether (sulfide) groups is 1. The van der Waals surface area contributed by atoms with Crippen LogP contribution in [-0.4, -0.2) is 20.1 Å². The normalized spacial score (nSPS) is 14.5. The molecule has 4 rings (SSSR count). The summed E-state index contributed by atoms with van der Waals surface area (Å²) in [7, 11) is 0. The Hall–Kier alpha value is -3.80. The zero-order valence-corrected chi connectivity index (χ0v) is 19.3. The van der Waals surface area contributed by atoms with Crippen LogP contribution in [0.1, 0.15) is 5.56 Å². The van der Waals surface area contributed by atoms with E-state index in [-0.39, 0.29) is 17.4 Å². The molecule has 12 heteroatoms. The number of carbonyl (C=O) groups excluding carboxylic acids is 1. The van der Waals surface area contributed by atoms with Crippen molar-refractivity contribution < 1.29 is 19.4 Å². The molecular formula is C22H12ClN3O6S2. The second kappa shape index (κ2) is 9.59. The maximum atomic E-state index is 13.0. The molecule has 170 valence electrons. The third-order valence-electron chi connectivity index (χ3n) is 4.59. The molecule has 9 nitrogen and oxygen atoms in total. The largest absolute Gasteiger partial charge is 0.450 e. The van der Waals surface area contributed by atoms with E-state index in [4.69, 9.17) is 28.6 Å². The van der Waals surface area contributed by atoms with Crippen molar-refractivity contribution in [3.63, 3.8) is 0 Å². The summed E-state index contributed by atoms with van der Waals surface area (Å²) in [5.41, 5.74) is 0.186. The molecule has 1 aliphatic heterocycles. The number of hydrogen-bond donors (Lipinski definition) is 0. The van der Waals surface area contributed by atoms with Gasteiger partial charge >= 0.3 is 5.69 Å². The monoisotopic (exact) mass is 513 g/mol. The number of halogens is 1. The summed E-state index contributed by atoms with van der Waals surface area (Å²) < 4.78 is 5.98. The SMILES string of the molecule is O=C1/C(=C/c2cccc(Oc3ccc([N+](=O)[O-])cc3[N+](=O)[O-])c2)SC(=S)N1c1cccc(Cl)c1. The molecule has 3 aromatic carbocycles. The third kappa shape index (κ3) is 4.91. The fraction of sp³-hybridized carbons (Fsp3) is 0. The number of thiocarbonyl (C=S) groups is 1. The van der Waals surface area contributed by atoms with Crippen molar-refractivity contribution in [2.75, 3.05) is 4.90 Å². The van der Waals surface area contributed by atoms with E-state index >= 15 is 0 Å². The number of benzene rings is 3. The molecular weight excluding hydrogens is 502 g/mol. The first-order valence-electron chi connectivity index (χ1n) is 9.47. The van der Waals surface area contributed by atoms with Crippen molar-refractivity contribution in [1.82, 2.24) is 0 Å². The van der Waals surface area contributed by atoms with Crippen LogP contribution in [0.3, 0.4) is 0 Å². The van der Waals surface area contributed by atoms with Gasteiger partial charge in [-0.2, -0.15) is 0 Å². The Bertz CT molecular complexity index is 1390. The van der Waals surface area contributed by atoms with E-state index in [9.17, 15) is 25.0 Å². The minimum absolute atomic E-state index is 0.153. The van der Waals surface area contributed by atoms with Gasteiger partial charge < -0.3 is 4.74 Å². The Morgan fingerprint density at radius 1 is 1.00 bits per heavy atom. The van der Waals surface area contributed by atoms with Crippen LogP contribution in [-0.2, 0) is 4.79 Å². The molecule has 0 aliphatic carbocycles. The highest BCUT2D eigenvalue weighted by atomic mass is 35.5. The fourth-order valence-electron chi connectivity index (χ4n) is 3.10. The first-order chi connectivity index (χ1) is 16.2. The molecule has 1 heterocycles. The average molecular weight is 514 g/mol. The molecule has 3 aromatic rings. The summed E-state index contributed by atoms with van der Waals surface area (Å²) in [6.07, 6.45) is 1.63. The Morgan fingerprint density at radius 2 is 1.76 bits per heavy atom. The number of nitro groups is 2. The van der Waals surface area contributed by atoms with Gasteiger partial charge in [0.25, 0.3) is 11.6 Å². The molecule has 0 unspecified atom stereocenters. The molecule has 0 saturated carbocycles. The first kappa shape index (κ1) is 23.4. The number of nitro benzene ring substituents is 2. The second-order valence-electron chi connectivity index (χ2n) is 6.84. The Morgan fingerprint density at radius 3 is 2.47 bits per heavy atom. The Balaban J connectivity index is 1.60. The molecule has 1 saturated heterocycles. The van der Waals surface area contributed by atoms with Crippen molar-refractivity contribution in [1.29, 1.82) is 0 Å². The maximum Gasteiger partial charge on any atom is 0.318 e. The Labute approximate surface area is 206 Å². The van der Waals surface area contributed by atoms with E-state index in [1.165, 1.54) is 11.0 Å². The highest BCUT2D eigenvalue weighted by molar-refractivity contribution is 8.27. The van der Waals surface area contributed by atoms with Crippen LogP contribution in [0.5, 0.6) is 11.5 Å². The summed E-state index contributed by atoms with van der Waals surface area (Å²) >= 11 is 12.5. The molecule has 1 aliphatic rings. The van der Waals surface area contributed by atoms with Crippen LogP contribution in [0.2, 0.25) is 5.02 Å². The number of nitrogens with zero attached hydrogens (tertiary/aromatic N) is 3. The van der Waals surface area contributed by atoms with Crippen LogP contribution >= 0.6 is 35.6 Å². The smallest absolute Gasteiger partial charge is 0.318 e. The number of ether oxygens (including phenoxy) is 1. The van der Waals surface area contributed by atoms with Gasteiger partial charge in [0.1, 0.15) is 5.75 Å². The summed E-state index contributed by atoms with van der Waals surface area (Å²) in [4.78, 5) is 35.5. The van der Waals surface area contributed by atoms with Crippen molar-refractivity contribution >= 4 is 68.9 Å². The number of non-ortho nitro benzene ring substituents is 1. The highest BCUT2D eigenvalue weighted by Crippen LogP contribution is 2.38. The average Bonchev–Trinajstić information content (AvgIpc) is 3.06. The van der Waals surface area contributed by atoms with E-state index in [1.54, 1.807) is 54.6 Å². The van der Waals surface area contributed by atoms with Crippen LogP contribution in [0.15, 0.2) is 71.6 Å². The van der Waals surface area contributed by atoms with E-state index < -0.39 is 21.2 Å². The lowest BCUT2D eigenvalue weighted by molar-refractivity contribution is -0.394. The molecule has 0 atom stereocenters. The minimum Gasteiger partial charge on any atom is -0.450 e. The van der Waals surface area contributed by atoms with Gasteiger partial charge in [0, 0.05) is 11.1 Å². The molecule has 0 radical (unpaired) electrons. The van der Waals surface area contributed by atoms with Gasteiger partial charge in [0.15, 0.2) is 4.32 Å². The minimum atomic E-state index is -0.757. The zero-order chi connectivity index (χ0) is 24.4. The van der Waals surface area contributed by atoms with Crippen molar-refractivity contribution in [2.24, 2.45) is 0 Å². The van der Waals surface area contributed by atoms with Crippen LogP contribution in [0.4, 0.5) is 17.1 Å². The predicted molar refractivity (Wildman–Crippen MR) is 133 cm³/mol. The standard InChI is InChI=1S/C22H12ClN3O6S2/c23-14-4-2-5-15(11-14)24-21(27)20(34-22(24)33)10-13-3-1-6-17(9-13)32-19-8-7-16(25(28)29)12-18(19)26(30)31/h1-12H/b20-10-. The third-order valence-corrected chi connectivity index (χ3v) is 6.13. The lowest BCUT2D eigenvalue weighted by atomic mass is 10.2. The van der Waals surface area contributed by atoms with Gasteiger partial charge in [0.2, 0.25) is 5.75 Å². The molecule has 1 fully saturated rings. The molecule has 0 bridgehead atoms. The van der Waals surface area contributed by atoms with Gasteiger partial charge in [0.05, 0.1) is 26.5 Å². The second-order valence-corrected chi connectivity index (χ2v) is 8.95.